The number of aryl methyl sites for hydroxylation is 3. The van der Waals surface area contributed by atoms with E-state index < -0.39 is 0 Å². The van der Waals surface area contributed by atoms with E-state index in [0.717, 1.165) is 16.9 Å². The van der Waals surface area contributed by atoms with Crippen LogP contribution in [0.3, 0.4) is 0 Å². The number of carbonyl (C=O) groups excluding carboxylic acids is 1. The standard InChI is InChI=1S/C25H23N5O3S/c1-15-6-8-18(9-7-15)30-16(2)11-21(28-30)23-17(3)27-25-29(24(23)32)19(14-34-25)12-22(31)26-13-20-5-4-10-33-20/h4-11,14H,12-13H2,1-3H3,(H,26,31). The maximum Gasteiger partial charge on any atom is 0.268 e. The van der Waals surface area contributed by atoms with Crippen molar-refractivity contribution < 1.29 is 9.21 Å². The van der Waals surface area contributed by atoms with Crippen molar-refractivity contribution in [2.45, 2.75) is 33.7 Å². The van der Waals surface area contributed by atoms with E-state index in [4.69, 9.17) is 9.52 Å². The van der Waals surface area contributed by atoms with E-state index in [1.807, 2.05) is 55.8 Å². The zero-order chi connectivity index (χ0) is 23.8. The lowest BCUT2D eigenvalue weighted by atomic mass is 10.1. The Balaban J connectivity index is 1.49. The van der Waals surface area contributed by atoms with Gasteiger partial charge in [0.15, 0.2) is 4.96 Å². The first-order chi connectivity index (χ1) is 16.4. The smallest absolute Gasteiger partial charge is 0.268 e. The number of aromatic nitrogens is 4. The number of fused-ring (bicyclic) bond motifs is 1. The highest BCUT2D eigenvalue weighted by molar-refractivity contribution is 7.15. The fourth-order valence-corrected chi connectivity index (χ4v) is 4.82. The molecular formula is C25H23N5O3S. The highest BCUT2D eigenvalue weighted by Gasteiger charge is 2.20. The van der Waals surface area contributed by atoms with Crippen LogP contribution in [-0.4, -0.2) is 25.1 Å². The monoisotopic (exact) mass is 473 g/mol. The highest BCUT2D eigenvalue weighted by Crippen LogP contribution is 2.23. The number of amides is 1. The Morgan fingerprint density at radius 3 is 2.68 bits per heavy atom. The molecule has 0 spiro atoms. The number of carbonyl (C=O) groups is 1. The first-order valence-corrected chi connectivity index (χ1v) is 11.7. The molecule has 0 aliphatic heterocycles. The van der Waals surface area contributed by atoms with Crippen molar-refractivity contribution in [3.05, 3.63) is 92.9 Å². The molecule has 4 heterocycles. The van der Waals surface area contributed by atoms with Gasteiger partial charge in [0.1, 0.15) is 11.5 Å². The third-order valence-electron chi connectivity index (χ3n) is 5.62. The molecule has 5 aromatic rings. The molecule has 0 bridgehead atoms. The summed E-state index contributed by atoms with van der Waals surface area (Å²) in [4.78, 5) is 31.3. The van der Waals surface area contributed by atoms with E-state index in [1.54, 1.807) is 23.8 Å². The van der Waals surface area contributed by atoms with E-state index in [-0.39, 0.29) is 17.9 Å². The van der Waals surface area contributed by atoms with Gasteiger partial charge in [-0.25, -0.2) is 9.67 Å². The molecular weight excluding hydrogens is 450 g/mol. The minimum absolute atomic E-state index is 0.0572. The first kappa shape index (κ1) is 21.8. The summed E-state index contributed by atoms with van der Waals surface area (Å²) in [5.41, 5.74) is 4.95. The predicted octanol–water partition coefficient (Wildman–Crippen LogP) is 3.99. The zero-order valence-corrected chi connectivity index (χ0v) is 19.8. The third kappa shape index (κ3) is 4.06. The average Bonchev–Trinajstić information content (AvgIpc) is 3.54. The van der Waals surface area contributed by atoms with Crippen LogP contribution in [0.4, 0.5) is 0 Å². The molecule has 5 rings (SSSR count). The van der Waals surface area contributed by atoms with Crippen molar-refractivity contribution in [1.29, 1.82) is 0 Å². The Labute approximate surface area is 199 Å². The number of furan rings is 1. The first-order valence-electron chi connectivity index (χ1n) is 10.8. The van der Waals surface area contributed by atoms with Crippen LogP contribution in [0, 0.1) is 20.8 Å². The summed E-state index contributed by atoms with van der Waals surface area (Å²) in [6, 6.07) is 13.5. The molecule has 172 valence electrons. The minimum Gasteiger partial charge on any atom is -0.467 e. The summed E-state index contributed by atoms with van der Waals surface area (Å²) in [7, 11) is 0. The van der Waals surface area contributed by atoms with Gasteiger partial charge in [-0.15, -0.1) is 11.3 Å². The maximum absolute atomic E-state index is 13.6. The van der Waals surface area contributed by atoms with E-state index in [0.29, 0.717) is 39.9 Å². The van der Waals surface area contributed by atoms with Crippen molar-refractivity contribution in [3.8, 4) is 16.9 Å². The summed E-state index contributed by atoms with van der Waals surface area (Å²) >= 11 is 1.34. The van der Waals surface area contributed by atoms with Gasteiger partial charge < -0.3 is 9.73 Å². The average molecular weight is 474 g/mol. The molecule has 4 aromatic heterocycles. The van der Waals surface area contributed by atoms with E-state index in [1.165, 1.54) is 15.7 Å². The molecule has 0 unspecified atom stereocenters. The second kappa shape index (κ2) is 8.75. The van der Waals surface area contributed by atoms with Crippen LogP contribution in [0.2, 0.25) is 0 Å². The van der Waals surface area contributed by atoms with Gasteiger partial charge >= 0.3 is 0 Å². The number of hydrogen-bond acceptors (Lipinski definition) is 6. The van der Waals surface area contributed by atoms with E-state index in [9.17, 15) is 9.59 Å². The molecule has 1 amide bonds. The second-order valence-electron chi connectivity index (χ2n) is 8.17. The maximum atomic E-state index is 13.6. The van der Waals surface area contributed by atoms with Crippen LogP contribution < -0.4 is 10.9 Å². The normalized spacial score (nSPS) is 11.3. The fourth-order valence-electron chi connectivity index (χ4n) is 3.89. The van der Waals surface area contributed by atoms with Gasteiger partial charge in [0.05, 0.1) is 36.2 Å². The molecule has 0 aliphatic carbocycles. The number of benzene rings is 1. The van der Waals surface area contributed by atoms with Gasteiger partial charge in [0.25, 0.3) is 5.56 Å². The van der Waals surface area contributed by atoms with Crippen molar-refractivity contribution in [2.24, 2.45) is 0 Å². The number of rotatable bonds is 6. The Morgan fingerprint density at radius 1 is 1.15 bits per heavy atom. The fraction of sp³-hybridized carbons (Fsp3) is 0.200. The van der Waals surface area contributed by atoms with Crippen LogP contribution in [0.15, 0.2) is 63.3 Å². The Morgan fingerprint density at radius 2 is 1.94 bits per heavy atom. The Kier molecular flexibility index (Phi) is 5.62. The summed E-state index contributed by atoms with van der Waals surface area (Å²) in [6.07, 6.45) is 1.62. The third-order valence-corrected chi connectivity index (χ3v) is 6.50. The van der Waals surface area contributed by atoms with Crippen LogP contribution >= 0.6 is 11.3 Å². The SMILES string of the molecule is Cc1ccc(-n2nc(-c3c(C)nc4scc(CC(=O)NCc5ccco5)n4c3=O)cc2C)cc1. The van der Waals surface area contributed by atoms with Crippen LogP contribution in [0.25, 0.3) is 21.9 Å². The minimum atomic E-state index is -0.230. The summed E-state index contributed by atoms with van der Waals surface area (Å²) in [6.45, 7) is 6.09. The molecule has 0 saturated carbocycles. The van der Waals surface area contributed by atoms with Gasteiger partial charge in [-0.1, -0.05) is 17.7 Å². The molecule has 8 nitrogen and oxygen atoms in total. The zero-order valence-electron chi connectivity index (χ0n) is 19.0. The van der Waals surface area contributed by atoms with Gasteiger partial charge in [-0.2, -0.15) is 5.10 Å². The highest BCUT2D eigenvalue weighted by atomic mass is 32.1. The molecule has 0 saturated heterocycles. The summed E-state index contributed by atoms with van der Waals surface area (Å²) < 4.78 is 8.58. The van der Waals surface area contributed by atoms with Crippen molar-refractivity contribution in [3.63, 3.8) is 0 Å². The lowest BCUT2D eigenvalue weighted by Crippen LogP contribution is -2.27. The molecule has 34 heavy (non-hydrogen) atoms. The second-order valence-corrected chi connectivity index (χ2v) is 9.01. The molecule has 1 aromatic carbocycles. The summed E-state index contributed by atoms with van der Waals surface area (Å²) in [5.74, 6) is 0.462. The predicted molar refractivity (Wildman–Crippen MR) is 130 cm³/mol. The molecule has 0 fully saturated rings. The molecule has 9 heteroatoms. The number of thiazole rings is 1. The Hall–Kier alpha value is -3.98. The van der Waals surface area contributed by atoms with Gasteiger partial charge in [0, 0.05) is 16.8 Å². The van der Waals surface area contributed by atoms with Crippen molar-refractivity contribution in [1.82, 2.24) is 24.5 Å². The van der Waals surface area contributed by atoms with Crippen molar-refractivity contribution >= 4 is 22.2 Å². The van der Waals surface area contributed by atoms with E-state index in [2.05, 4.69) is 10.3 Å². The van der Waals surface area contributed by atoms with Crippen LogP contribution in [-0.2, 0) is 17.8 Å². The molecule has 0 radical (unpaired) electrons. The van der Waals surface area contributed by atoms with Crippen LogP contribution in [0.1, 0.15) is 28.4 Å². The number of nitrogens with zero attached hydrogens (tertiary/aromatic N) is 4. The molecule has 1 N–H and O–H groups in total. The molecule has 0 atom stereocenters. The van der Waals surface area contributed by atoms with Gasteiger partial charge in [-0.3, -0.25) is 14.0 Å². The summed E-state index contributed by atoms with van der Waals surface area (Å²) in [5, 5.41) is 9.34. The van der Waals surface area contributed by atoms with E-state index >= 15 is 0 Å². The van der Waals surface area contributed by atoms with Crippen molar-refractivity contribution in [2.75, 3.05) is 0 Å². The molecule has 0 aliphatic rings. The topological polar surface area (TPSA) is 94.4 Å². The number of hydrogen-bond donors (Lipinski definition) is 1. The number of nitrogens with one attached hydrogen (secondary N) is 1. The van der Waals surface area contributed by atoms with Gasteiger partial charge in [0.2, 0.25) is 5.91 Å². The van der Waals surface area contributed by atoms with Crippen LogP contribution in [0.5, 0.6) is 0 Å². The quantitative estimate of drug-likeness (QED) is 0.403. The lowest BCUT2D eigenvalue weighted by molar-refractivity contribution is -0.120. The Bertz CT molecular complexity index is 1540. The largest absolute Gasteiger partial charge is 0.467 e. The lowest BCUT2D eigenvalue weighted by Gasteiger charge is -2.07. The van der Waals surface area contributed by atoms with Gasteiger partial charge in [-0.05, 0) is 51.1 Å².